The molecule has 1 N–H and O–H groups in total. The summed E-state index contributed by atoms with van der Waals surface area (Å²) in [4.78, 5) is 18.1. The Kier molecular flexibility index (Phi) is 5.81. The Bertz CT molecular complexity index is 694. The summed E-state index contributed by atoms with van der Waals surface area (Å²) in [5.41, 5.74) is 3.41. The van der Waals surface area contributed by atoms with Crippen LogP contribution < -0.4 is 5.32 Å². The Morgan fingerprint density at radius 3 is 2.92 bits per heavy atom. The molecular weight excluding hydrogens is 314 g/mol. The highest BCUT2D eigenvalue weighted by Gasteiger charge is 2.27. The summed E-state index contributed by atoms with van der Waals surface area (Å²) in [6.45, 7) is 7.22. The molecule has 0 bridgehead atoms. The van der Waals surface area contributed by atoms with Gasteiger partial charge in [-0.25, -0.2) is 0 Å². The molecule has 0 aromatic carbocycles. The van der Waals surface area contributed by atoms with Crippen LogP contribution >= 0.6 is 0 Å². The molecule has 0 radical (unpaired) electrons. The van der Waals surface area contributed by atoms with Crippen molar-refractivity contribution in [3.63, 3.8) is 0 Å². The molecule has 1 atom stereocenters. The zero-order valence-corrected chi connectivity index (χ0v) is 15.1. The van der Waals surface area contributed by atoms with E-state index in [2.05, 4.69) is 45.6 Å². The number of amides is 1. The lowest BCUT2D eigenvalue weighted by Crippen LogP contribution is -2.23. The van der Waals surface area contributed by atoms with Crippen molar-refractivity contribution in [2.24, 2.45) is 0 Å². The van der Waals surface area contributed by atoms with Crippen LogP contribution in [0.1, 0.15) is 56.0 Å². The van der Waals surface area contributed by atoms with Gasteiger partial charge in [0.25, 0.3) is 0 Å². The average molecular weight is 341 g/mol. The van der Waals surface area contributed by atoms with Gasteiger partial charge in [-0.3, -0.25) is 19.4 Å². The number of hydrogen-bond donors (Lipinski definition) is 1. The van der Waals surface area contributed by atoms with Gasteiger partial charge in [0.05, 0.1) is 17.9 Å². The first-order chi connectivity index (χ1) is 12.2. The van der Waals surface area contributed by atoms with E-state index in [1.165, 1.54) is 18.9 Å². The lowest BCUT2D eigenvalue weighted by atomic mass is 10.1. The number of aryl methyl sites for hydroxylation is 1. The fourth-order valence-electron chi connectivity index (χ4n) is 3.39. The lowest BCUT2D eigenvalue weighted by molar-refractivity contribution is -0.119. The van der Waals surface area contributed by atoms with E-state index in [-0.39, 0.29) is 5.91 Å². The van der Waals surface area contributed by atoms with E-state index >= 15 is 0 Å². The molecule has 0 aliphatic carbocycles. The van der Waals surface area contributed by atoms with Crippen LogP contribution in [0.15, 0.2) is 30.7 Å². The number of carbonyl (C=O) groups is 1. The molecule has 134 valence electrons. The highest BCUT2D eigenvalue weighted by Crippen LogP contribution is 2.32. The van der Waals surface area contributed by atoms with Crippen LogP contribution in [0.2, 0.25) is 0 Å². The second-order valence-corrected chi connectivity index (χ2v) is 6.74. The smallest absolute Gasteiger partial charge is 0.217 e. The molecule has 0 spiro atoms. The van der Waals surface area contributed by atoms with Crippen LogP contribution in [0.4, 0.5) is 0 Å². The maximum absolute atomic E-state index is 11.0. The second kappa shape index (κ2) is 8.25. The minimum Gasteiger partial charge on any atom is -0.352 e. The molecule has 2 aromatic rings. The summed E-state index contributed by atoms with van der Waals surface area (Å²) < 4.78 is 2.02. The third-order valence-electron chi connectivity index (χ3n) is 4.62. The third kappa shape index (κ3) is 4.66. The fourth-order valence-corrected chi connectivity index (χ4v) is 3.39. The molecular formula is C19H27N5O. The maximum Gasteiger partial charge on any atom is 0.217 e. The van der Waals surface area contributed by atoms with Gasteiger partial charge in [-0.15, -0.1) is 0 Å². The molecule has 1 aliphatic rings. The SMILES string of the molecule is CCCn1cc(CN2CCC[C@@H]2c2ccc(CNC(C)=O)cn2)cn1. The number of aromatic nitrogens is 3. The third-order valence-corrected chi connectivity index (χ3v) is 4.62. The molecule has 6 nitrogen and oxygen atoms in total. The van der Waals surface area contributed by atoms with Crippen molar-refractivity contribution in [2.45, 2.75) is 58.8 Å². The summed E-state index contributed by atoms with van der Waals surface area (Å²) in [6, 6.07) is 4.53. The van der Waals surface area contributed by atoms with E-state index in [0.717, 1.165) is 43.7 Å². The van der Waals surface area contributed by atoms with E-state index in [9.17, 15) is 4.79 Å². The van der Waals surface area contributed by atoms with Crippen LogP contribution in [0.5, 0.6) is 0 Å². The van der Waals surface area contributed by atoms with Gasteiger partial charge >= 0.3 is 0 Å². The Morgan fingerprint density at radius 2 is 2.20 bits per heavy atom. The number of likely N-dealkylation sites (tertiary alicyclic amines) is 1. The van der Waals surface area contributed by atoms with Gasteiger partial charge in [0.1, 0.15) is 0 Å². The molecule has 1 aliphatic heterocycles. The molecule has 1 saturated heterocycles. The highest BCUT2D eigenvalue weighted by molar-refractivity contribution is 5.72. The van der Waals surface area contributed by atoms with Gasteiger partial charge in [-0.1, -0.05) is 13.0 Å². The summed E-state index contributed by atoms with van der Waals surface area (Å²) in [7, 11) is 0. The van der Waals surface area contributed by atoms with Crippen molar-refractivity contribution >= 4 is 5.91 Å². The average Bonchev–Trinajstić information content (AvgIpc) is 3.24. The summed E-state index contributed by atoms with van der Waals surface area (Å²) in [6.07, 6.45) is 9.45. The molecule has 3 heterocycles. The Morgan fingerprint density at radius 1 is 1.32 bits per heavy atom. The molecule has 0 unspecified atom stereocenters. The zero-order chi connectivity index (χ0) is 17.6. The predicted octanol–water partition coefficient (Wildman–Crippen LogP) is 2.66. The first-order valence-corrected chi connectivity index (χ1v) is 9.10. The summed E-state index contributed by atoms with van der Waals surface area (Å²) in [5, 5.41) is 7.24. The van der Waals surface area contributed by atoms with Gasteiger partial charge < -0.3 is 5.32 Å². The summed E-state index contributed by atoms with van der Waals surface area (Å²) >= 11 is 0. The predicted molar refractivity (Wildman–Crippen MR) is 96.7 cm³/mol. The fraction of sp³-hybridized carbons (Fsp3) is 0.526. The number of carbonyl (C=O) groups excluding carboxylic acids is 1. The van der Waals surface area contributed by atoms with E-state index < -0.39 is 0 Å². The van der Waals surface area contributed by atoms with Crippen molar-refractivity contribution in [3.05, 3.63) is 47.5 Å². The zero-order valence-electron chi connectivity index (χ0n) is 15.1. The van der Waals surface area contributed by atoms with E-state index in [0.29, 0.717) is 12.6 Å². The maximum atomic E-state index is 11.0. The van der Waals surface area contributed by atoms with Gasteiger partial charge in [-0.05, 0) is 37.4 Å². The van der Waals surface area contributed by atoms with Crippen LogP contribution in [0, 0.1) is 0 Å². The molecule has 1 fully saturated rings. The molecule has 0 saturated carbocycles. The second-order valence-electron chi connectivity index (χ2n) is 6.74. The van der Waals surface area contributed by atoms with Crippen LogP contribution in [0.3, 0.4) is 0 Å². The standard InChI is InChI=1S/C19H27N5O/c1-3-8-24-14-17(12-22-24)13-23-9-4-5-19(23)18-7-6-16(11-21-18)10-20-15(2)25/h6-7,11-12,14,19H,3-5,8-10,13H2,1-2H3,(H,20,25)/t19-/m1/s1. The van der Waals surface area contributed by atoms with Crippen molar-refractivity contribution in [3.8, 4) is 0 Å². The lowest BCUT2D eigenvalue weighted by Gasteiger charge is -2.23. The van der Waals surface area contributed by atoms with Gasteiger partial charge in [0, 0.05) is 44.5 Å². The van der Waals surface area contributed by atoms with Crippen LogP contribution in [0.25, 0.3) is 0 Å². The molecule has 6 heteroatoms. The molecule has 25 heavy (non-hydrogen) atoms. The summed E-state index contributed by atoms with van der Waals surface area (Å²) in [5.74, 6) is -0.0188. The van der Waals surface area contributed by atoms with Crippen LogP contribution in [-0.2, 0) is 24.4 Å². The number of pyridine rings is 1. The van der Waals surface area contributed by atoms with Gasteiger partial charge in [0.2, 0.25) is 5.91 Å². The Hall–Kier alpha value is -2.21. The first kappa shape index (κ1) is 17.6. The van der Waals surface area contributed by atoms with E-state index in [1.54, 1.807) is 0 Å². The van der Waals surface area contributed by atoms with Crippen LogP contribution in [-0.4, -0.2) is 32.1 Å². The number of nitrogens with one attached hydrogen (secondary N) is 1. The Balaban J connectivity index is 1.63. The largest absolute Gasteiger partial charge is 0.352 e. The molecule has 1 amide bonds. The van der Waals surface area contributed by atoms with Crippen molar-refractivity contribution in [2.75, 3.05) is 6.54 Å². The Labute approximate surface area is 149 Å². The van der Waals surface area contributed by atoms with Gasteiger partial charge in [-0.2, -0.15) is 5.10 Å². The van der Waals surface area contributed by atoms with E-state index in [4.69, 9.17) is 0 Å². The minimum absolute atomic E-state index is 0.0188. The molecule has 2 aromatic heterocycles. The first-order valence-electron chi connectivity index (χ1n) is 9.10. The highest BCUT2D eigenvalue weighted by atomic mass is 16.1. The number of hydrogen-bond acceptors (Lipinski definition) is 4. The topological polar surface area (TPSA) is 63.0 Å². The van der Waals surface area contributed by atoms with Crippen molar-refractivity contribution in [1.29, 1.82) is 0 Å². The number of rotatable bonds is 7. The monoisotopic (exact) mass is 341 g/mol. The van der Waals surface area contributed by atoms with Crippen molar-refractivity contribution < 1.29 is 4.79 Å². The van der Waals surface area contributed by atoms with E-state index in [1.807, 2.05) is 17.1 Å². The van der Waals surface area contributed by atoms with Crippen molar-refractivity contribution in [1.82, 2.24) is 25.0 Å². The number of nitrogens with zero attached hydrogens (tertiary/aromatic N) is 4. The van der Waals surface area contributed by atoms with Gasteiger partial charge in [0.15, 0.2) is 0 Å². The minimum atomic E-state index is -0.0188. The quantitative estimate of drug-likeness (QED) is 0.841. The molecule has 3 rings (SSSR count). The normalized spacial score (nSPS) is 17.8.